The molecule has 15 heavy (non-hydrogen) atoms. The number of nitroso groups, excluding NO2 is 1. The number of ketones is 1. The van der Waals surface area contributed by atoms with Gasteiger partial charge in [0.05, 0.1) is 5.29 Å². The second kappa shape index (κ2) is 7.90. The Morgan fingerprint density at radius 3 is 2.13 bits per heavy atom. The van der Waals surface area contributed by atoms with E-state index in [1.165, 1.54) is 11.9 Å². The van der Waals surface area contributed by atoms with Crippen LogP contribution in [-0.4, -0.2) is 35.0 Å². The van der Waals surface area contributed by atoms with Crippen LogP contribution in [-0.2, 0) is 9.59 Å². The first-order valence-electron chi connectivity index (χ1n) is 4.85. The van der Waals surface area contributed by atoms with E-state index in [4.69, 9.17) is 5.11 Å². The Morgan fingerprint density at radius 2 is 1.73 bits per heavy atom. The lowest BCUT2D eigenvalue weighted by Gasteiger charge is -2.13. The third-order valence-corrected chi connectivity index (χ3v) is 1.87. The fraction of sp³-hybridized carbons (Fsp3) is 0.778. The van der Waals surface area contributed by atoms with Crippen LogP contribution in [0, 0.1) is 4.91 Å². The van der Waals surface area contributed by atoms with Crippen molar-refractivity contribution in [3.05, 3.63) is 4.91 Å². The summed E-state index contributed by atoms with van der Waals surface area (Å²) >= 11 is 0. The van der Waals surface area contributed by atoms with E-state index < -0.39 is 5.97 Å². The molecule has 0 rings (SSSR count). The van der Waals surface area contributed by atoms with Crippen LogP contribution in [0.1, 0.15) is 32.6 Å². The zero-order valence-electron chi connectivity index (χ0n) is 8.81. The van der Waals surface area contributed by atoms with Crippen molar-refractivity contribution in [3.8, 4) is 0 Å². The fourth-order valence-electron chi connectivity index (χ4n) is 1.12. The molecule has 0 aromatic heterocycles. The minimum atomic E-state index is -0.885. The summed E-state index contributed by atoms with van der Waals surface area (Å²) in [6.45, 7) is 2.22. The van der Waals surface area contributed by atoms with E-state index in [9.17, 15) is 14.5 Å². The number of hydrogen-bond acceptors (Lipinski definition) is 4. The molecule has 0 saturated carbocycles. The van der Waals surface area contributed by atoms with Crippen molar-refractivity contribution in [2.75, 3.05) is 13.1 Å². The van der Waals surface area contributed by atoms with Gasteiger partial charge in [-0.25, -0.2) is 0 Å². The quantitative estimate of drug-likeness (QED) is 0.462. The summed E-state index contributed by atoms with van der Waals surface area (Å²) < 4.78 is 0. The molecule has 0 aromatic carbocycles. The number of hydrogen-bond donors (Lipinski definition) is 1. The molecule has 0 saturated heterocycles. The van der Waals surface area contributed by atoms with Gasteiger partial charge in [-0.1, -0.05) is 0 Å². The second-order valence-corrected chi connectivity index (χ2v) is 3.34. The van der Waals surface area contributed by atoms with Gasteiger partial charge in [0.15, 0.2) is 0 Å². The molecular weight excluding hydrogens is 200 g/mol. The van der Waals surface area contributed by atoms with E-state index in [0.29, 0.717) is 32.4 Å². The summed E-state index contributed by atoms with van der Waals surface area (Å²) in [4.78, 5) is 31.1. The smallest absolute Gasteiger partial charge is 0.303 e. The van der Waals surface area contributed by atoms with Gasteiger partial charge in [-0.05, 0) is 19.8 Å². The van der Waals surface area contributed by atoms with Crippen LogP contribution in [0.25, 0.3) is 0 Å². The Kier molecular flexibility index (Phi) is 7.13. The number of aliphatic carboxylic acids is 1. The van der Waals surface area contributed by atoms with Crippen molar-refractivity contribution in [1.82, 2.24) is 5.01 Å². The summed E-state index contributed by atoms with van der Waals surface area (Å²) in [5.41, 5.74) is 0. The lowest BCUT2D eigenvalue weighted by atomic mass is 10.2. The summed E-state index contributed by atoms with van der Waals surface area (Å²) in [5.74, 6) is -0.809. The predicted molar refractivity (Wildman–Crippen MR) is 54.2 cm³/mol. The van der Waals surface area contributed by atoms with Gasteiger partial charge in [0.25, 0.3) is 0 Å². The Bertz CT molecular complexity index is 210. The van der Waals surface area contributed by atoms with E-state index in [2.05, 4.69) is 5.29 Å². The zero-order chi connectivity index (χ0) is 11.7. The SMILES string of the molecule is CC(=O)CCCN(CCCC(=O)O)N=O. The standard InChI is InChI=1S/C9H16N2O4/c1-8(12)4-2-6-11(10-15)7-3-5-9(13)14/h2-7H2,1H3,(H,13,14). The Hall–Kier alpha value is -1.46. The molecular formula is C9H16N2O4. The van der Waals surface area contributed by atoms with Gasteiger partial charge in [-0.3, -0.25) is 9.80 Å². The molecule has 0 unspecified atom stereocenters. The van der Waals surface area contributed by atoms with Crippen molar-refractivity contribution in [1.29, 1.82) is 0 Å². The third-order valence-electron chi connectivity index (χ3n) is 1.87. The van der Waals surface area contributed by atoms with Crippen molar-refractivity contribution in [2.24, 2.45) is 5.29 Å². The molecule has 6 heteroatoms. The highest BCUT2D eigenvalue weighted by molar-refractivity contribution is 5.75. The average molecular weight is 216 g/mol. The number of Topliss-reactive ketones (excluding diaryl/α,β-unsaturated/α-hetero) is 1. The number of carboxylic acid groups (broad SMARTS) is 1. The van der Waals surface area contributed by atoms with Gasteiger partial charge in [0.2, 0.25) is 0 Å². The molecule has 0 aromatic rings. The molecule has 0 amide bonds. The minimum Gasteiger partial charge on any atom is -0.481 e. The summed E-state index contributed by atoms with van der Waals surface area (Å²) in [7, 11) is 0. The first-order chi connectivity index (χ1) is 7.06. The molecule has 0 spiro atoms. The van der Waals surface area contributed by atoms with Crippen LogP contribution in [0.3, 0.4) is 0 Å². The topological polar surface area (TPSA) is 87.0 Å². The number of rotatable bonds is 9. The highest BCUT2D eigenvalue weighted by Crippen LogP contribution is 2.00. The molecule has 0 aliphatic carbocycles. The van der Waals surface area contributed by atoms with Crippen molar-refractivity contribution in [2.45, 2.75) is 32.6 Å². The molecule has 0 bridgehead atoms. The van der Waals surface area contributed by atoms with Crippen LogP contribution in [0.15, 0.2) is 5.29 Å². The highest BCUT2D eigenvalue weighted by atomic mass is 16.4. The van der Waals surface area contributed by atoms with Crippen molar-refractivity contribution in [3.63, 3.8) is 0 Å². The lowest BCUT2D eigenvalue weighted by Crippen LogP contribution is -2.20. The van der Waals surface area contributed by atoms with Gasteiger partial charge in [0.1, 0.15) is 5.78 Å². The number of carbonyl (C=O) groups excluding carboxylic acids is 1. The maximum atomic E-state index is 10.6. The third kappa shape index (κ3) is 8.86. The van der Waals surface area contributed by atoms with E-state index >= 15 is 0 Å². The Labute approximate surface area is 88.2 Å². The monoisotopic (exact) mass is 216 g/mol. The molecule has 0 aliphatic heterocycles. The molecule has 86 valence electrons. The van der Waals surface area contributed by atoms with E-state index in [1.54, 1.807) is 0 Å². The van der Waals surface area contributed by atoms with Crippen LogP contribution >= 0.6 is 0 Å². The summed E-state index contributed by atoms with van der Waals surface area (Å²) in [6, 6.07) is 0. The molecule has 0 radical (unpaired) electrons. The van der Waals surface area contributed by atoms with Gasteiger partial charge in [-0.15, -0.1) is 4.91 Å². The van der Waals surface area contributed by atoms with Gasteiger partial charge in [0, 0.05) is 25.9 Å². The number of carbonyl (C=O) groups is 2. The first kappa shape index (κ1) is 13.5. The van der Waals surface area contributed by atoms with Crippen molar-refractivity contribution >= 4 is 11.8 Å². The molecule has 0 aliphatic rings. The maximum absolute atomic E-state index is 10.6. The summed E-state index contributed by atoms with van der Waals surface area (Å²) in [6.07, 6.45) is 1.42. The van der Waals surface area contributed by atoms with Crippen LogP contribution in [0.4, 0.5) is 0 Å². The van der Waals surface area contributed by atoms with Gasteiger partial charge < -0.3 is 9.90 Å². The van der Waals surface area contributed by atoms with Crippen LogP contribution in [0.2, 0.25) is 0 Å². The normalized spacial score (nSPS) is 9.67. The van der Waals surface area contributed by atoms with Gasteiger partial charge >= 0.3 is 5.97 Å². The first-order valence-corrected chi connectivity index (χ1v) is 4.85. The molecule has 0 heterocycles. The highest BCUT2D eigenvalue weighted by Gasteiger charge is 2.05. The molecule has 0 atom stereocenters. The molecule has 0 fully saturated rings. The number of carboxylic acids is 1. The largest absolute Gasteiger partial charge is 0.481 e. The summed E-state index contributed by atoms with van der Waals surface area (Å²) in [5, 5.41) is 12.4. The Morgan fingerprint density at radius 1 is 1.20 bits per heavy atom. The fourth-order valence-corrected chi connectivity index (χ4v) is 1.12. The number of nitrogens with zero attached hydrogens (tertiary/aromatic N) is 2. The van der Waals surface area contributed by atoms with E-state index in [-0.39, 0.29) is 12.2 Å². The molecule has 1 N–H and O–H groups in total. The minimum absolute atomic E-state index is 0.0265. The zero-order valence-corrected chi connectivity index (χ0v) is 8.81. The van der Waals surface area contributed by atoms with Crippen molar-refractivity contribution < 1.29 is 14.7 Å². The van der Waals surface area contributed by atoms with Crippen LogP contribution in [0.5, 0.6) is 0 Å². The average Bonchev–Trinajstić information content (AvgIpc) is 2.14. The predicted octanol–water partition coefficient (Wildman–Crippen LogP) is 1.20. The van der Waals surface area contributed by atoms with Gasteiger partial charge in [-0.2, -0.15) is 0 Å². The second-order valence-electron chi connectivity index (χ2n) is 3.34. The maximum Gasteiger partial charge on any atom is 0.303 e. The lowest BCUT2D eigenvalue weighted by molar-refractivity contribution is -0.137. The molecule has 6 nitrogen and oxygen atoms in total. The van der Waals surface area contributed by atoms with E-state index in [1.807, 2.05) is 0 Å². The van der Waals surface area contributed by atoms with E-state index in [0.717, 1.165) is 0 Å². The Balaban J connectivity index is 3.59. The van der Waals surface area contributed by atoms with Crippen LogP contribution < -0.4 is 0 Å².